The second-order valence-electron chi connectivity index (χ2n) is 5.64. The summed E-state index contributed by atoms with van der Waals surface area (Å²) in [5.74, 6) is -0.0872. The van der Waals surface area contributed by atoms with Gasteiger partial charge in [0.05, 0.1) is 30.9 Å². The van der Waals surface area contributed by atoms with Crippen molar-refractivity contribution in [2.45, 2.75) is 0 Å². The molecule has 0 bridgehead atoms. The lowest BCUT2D eigenvalue weighted by Crippen LogP contribution is -2.31. The first-order valence-corrected chi connectivity index (χ1v) is 10.3. The first kappa shape index (κ1) is 19.4. The molecule has 0 saturated heterocycles. The van der Waals surface area contributed by atoms with Crippen molar-refractivity contribution in [3.63, 3.8) is 0 Å². The molecule has 2 heterocycles. The molecule has 2 aromatic carbocycles. The fourth-order valence-corrected chi connectivity index (χ4v) is 4.39. The van der Waals surface area contributed by atoms with E-state index in [1.165, 1.54) is 23.3 Å². The molecule has 0 aliphatic rings. The van der Waals surface area contributed by atoms with Crippen LogP contribution in [0.4, 0.5) is 5.82 Å². The summed E-state index contributed by atoms with van der Waals surface area (Å²) in [6.07, 6.45) is 0. The number of hydrogen-bond acceptors (Lipinski definition) is 7. The van der Waals surface area contributed by atoms with E-state index in [9.17, 15) is 13.2 Å². The number of rotatable bonds is 6. The normalized spacial score (nSPS) is 13.6. The third kappa shape index (κ3) is 3.25. The summed E-state index contributed by atoms with van der Waals surface area (Å²) < 4.78 is 37.9. The summed E-state index contributed by atoms with van der Waals surface area (Å²) in [4.78, 5) is 17.6. The van der Waals surface area contributed by atoms with E-state index in [0.29, 0.717) is 16.7 Å². The van der Waals surface area contributed by atoms with Gasteiger partial charge in [0, 0.05) is 0 Å². The maximum absolute atomic E-state index is 13.2. The Morgan fingerprint density at radius 2 is 1.55 bits per heavy atom. The monoisotopic (exact) mass is 433 g/mol. The number of benzene rings is 2. The van der Waals surface area contributed by atoms with Gasteiger partial charge in [-0.3, -0.25) is 8.37 Å². The zero-order chi connectivity index (χ0) is 20.5. The number of fused-ring (bicyclic) bond motifs is 3. The van der Waals surface area contributed by atoms with E-state index in [0.717, 1.165) is 3.71 Å². The SMILES string of the molecule is COS(=O)N(c1nc2ccccc2n2c(=O)n(-c3ccccc3)nc12)S(=O)OC. The average Bonchev–Trinajstić information content (AvgIpc) is 3.12. The third-order valence-corrected chi connectivity index (χ3v) is 6.25. The number of hydrogen-bond donors (Lipinski definition) is 0. The lowest BCUT2D eigenvalue weighted by molar-refractivity contribution is 0.433. The zero-order valence-electron chi connectivity index (χ0n) is 15.3. The van der Waals surface area contributed by atoms with Crippen molar-refractivity contribution in [2.24, 2.45) is 0 Å². The number of aromatic nitrogens is 4. The van der Waals surface area contributed by atoms with Gasteiger partial charge >= 0.3 is 5.69 Å². The molecule has 2 atom stereocenters. The Bertz CT molecular complexity index is 1290. The van der Waals surface area contributed by atoms with Crippen LogP contribution in [0.3, 0.4) is 0 Å². The van der Waals surface area contributed by atoms with Crippen LogP contribution >= 0.6 is 0 Å². The predicted octanol–water partition coefficient (Wildman–Crippen LogP) is 1.29. The molecule has 0 aliphatic carbocycles. The minimum absolute atomic E-state index is 0.0494. The largest absolute Gasteiger partial charge is 0.355 e. The Kier molecular flexibility index (Phi) is 5.24. The molecule has 0 saturated carbocycles. The predicted molar refractivity (Wildman–Crippen MR) is 109 cm³/mol. The van der Waals surface area contributed by atoms with E-state index in [1.807, 2.05) is 6.07 Å². The highest BCUT2D eigenvalue weighted by Crippen LogP contribution is 2.25. The Morgan fingerprint density at radius 1 is 0.931 bits per heavy atom. The van der Waals surface area contributed by atoms with E-state index in [1.54, 1.807) is 48.5 Å². The Labute approximate surface area is 169 Å². The van der Waals surface area contributed by atoms with Gasteiger partial charge in [0.2, 0.25) is 11.5 Å². The Hall–Kier alpha value is -2.93. The summed E-state index contributed by atoms with van der Waals surface area (Å²) in [5, 5.41) is 4.37. The average molecular weight is 433 g/mol. The summed E-state index contributed by atoms with van der Waals surface area (Å²) in [7, 11) is 2.37. The maximum atomic E-state index is 13.2. The molecular weight excluding hydrogens is 418 g/mol. The Balaban J connectivity index is 2.13. The molecule has 2 aromatic heterocycles. The molecule has 0 N–H and O–H groups in total. The molecule has 29 heavy (non-hydrogen) atoms. The van der Waals surface area contributed by atoms with Gasteiger partial charge < -0.3 is 0 Å². The Morgan fingerprint density at radius 3 is 2.21 bits per heavy atom. The maximum Gasteiger partial charge on any atom is 0.355 e. The summed E-state index contributed by atoms with van der Waals surface area (Å²) in [6.45, 7) is 0. The van der Waals surface area contributed by atoms with E-state index in [2.05, 4.69) is 10.1 Å². The second kappa shape index (κ2) is 7.83. The molecule has 4 aromatic rings. The van der Waals surface area contributed by atoms with Crippen molar-refractivity contribution < 1.29 is 16.8 Å². The molecule has 0 fully saturated rings. The molecule has 150 valence electrons. The molecule has 2 unspecified atom stereocenters. The minimum atomic E-state index is -2.21. The number of para-hydroxylation sites is 3. The van der Waals surface area contributed by atoms with Crippen molar-refractivity contribution in [3.8, 4) is 5.69 Å². The molecule has 0 spiro atoms. The topological polar surface area (TPSA) is 108 Å². The van der Waals surface area contributed by atoms with Gasteiger partial charge in [-0.1, -0.05) is 30.3 Å². The van der Waals surface area contributed by atoms with E-state index in [4.69, 9.17) is 8.37 Å². The van der Waals surface area contributed by atoms with Crippen molar-refractivity contribution in [1.82, 2.24) is 19.2 Å². The van der Waals surface area contributed by atoms with Crippen LogP contribution in [0.15, 0.2) is 59.4 Å². The molecule has 0 aliphatic heterocycles. The van der Waals surface area contributed by atoms with Crippen LogP contribution in [0, 0.1) is 0 Å². The smallest absolute Gasteiger partial charge is 0.276 e. The molecule has 0 amide bonds. The first-order valence-electron chi connectivity index (χ1n) is 8.25. The van der Waals surface area contributed by atoms with Crippen LogP contribution in [0.25, 0.3) is 22.4 Å². The zero-order valence-corrected chi connectivity index (χ0v) is 16.9. The molecule has 0 radical (unpaired) electrons. The summed E-state index contributed by atoms with van der Waals surface area (Å²) >= 11 is -4.41. The molecule has 4 rings (SSSR count). The molecular formula is C17H15N5O5S2. The number of anilines is 1. The summed E-state index contributed by atoms with van der Waals surface area (Å²) in [5.41, 5.74) is 1.02. The lowest BCUT2D eigenvalue weighted by atomic mass is 10.3. The van der Waals surface area contributed by atoms with Gasteiger partial charge in [0.15, 0.2) is 0 Å². The standard InChI is InChI=1S/C17H15N5O5S2/c1-26-28(24)22(29(25)27-2)15-16-19-21(12-8-4-3-5-9-12)17(23)20(16)14-11-7-6-10-13(14)18-15/h3-11H,1-2H3. The lowest BCUT2D eigenvalue weighted by Gasteiger charge is -2.18. The first-order chi connectivity index (χ1) is 14.1. The summed E-state index contributed by atoms with van der Waals surface area (Å²) in [6, 6.07) is 15.7. The molecule has 10 nitrogen and oxygen atoms in total. The van der Waals surface area contributed by atoms with Crippen molar-refractivity contribution in [2.75, 3.05) is 17.9 Å². The van der Waals surface area contributed by atoms with Gasteiger partial charge in [-0.05, 0) is 24.3 Å². The van der Waals surface area contributed by atoms with Crippen LogP contribution in [0.1, 0.15) is 0 Å². The van der Waals surface area contributed by atoms with Gasteiger partial charge in [0.1, 0.15) is 0 Å². The van der Waals surface area contributed by atoms with Gasteiger partial charge in [-0.15, -0.1) is 8.81 Å². The quantitative estimate of drug-likeness (QED) is 0.451. The third-order valence-electron chi connectivity index (χ3n) is 4.06. The van der Waals surface area contributed by atoms with Crippen LogP contribution in [0.5, 0.6) is 0 Å². The van der Waals surface area contributed by atoms with E-state index in [-0.39, 0.29) is 11.5 Å². The minimum Gasteiger partial charge on any atom is -0.276 e. The van der Waals surface area contributed by atoms with Crippen LogP contribution in [-0.2, 0) is 30.9 Å². The van der Waals surface area contributed by atoms with E-state index >= 15 is 0 Å². The van der Waals surface area contributed by atoms with Gasteiger partial charge in [-0.2, -0.15) is 4.68 Å². The van der Waals surface area contributed by atoms with Gasteiger partial charge in [0.25, 0.3) is 22.5 Å². The molecule has 12 heteroatoms. The fraction of sp³-hybridized carbons (Fsp3) is 0.118. The van der Waals surface area contributed by atoms with E-state index < -0.39 is 28.2 Å². The van der Waals surface area contributed by atoms with Crippen LogP contribution in [0.2, 0.25) is 0 Å². The van der Waals surface area contributed by atoms with Crippen LogP contribution in [-0.4, -0.2) is 41.8 Å². The number of nitrogens with zero attached hydrogens (tertiary/aromatic N) is 5. The van der Waals surface area contributed by atoms with Crippen LogP contribution < -0.4 is 9.40 Å². The highest BCUT2D eigenvalue weighted by atomic mass is 32.3. The highest BCUT2D eigenvalue weighted by Gasteiger charge is 2.29. The van der Waals surface area contributed by atoms with Gasteiger partial charge in [-0.25, -0.2) is 22.6 Å². The van der Waals surface area contributed by atoms with Crippen molar-refractivity contribution in [3.05, 3.63) is 65.1 Å². The second-order valence-corrected chi connectivity index (χ2v) is 8.13. The van der Waals surface area contributed by atoms with Crippen molar-refractivity contribution in [1.29, 1.82) is 0 Å². The fourth-order valence-electron chi connectivity index (χ4n) is 2.83. The highest BCUT2D eigenvalue weighted by molar-refractivity contribution is 7.99. The van der Waals surface area contributed by atoms with Crippen molar-refractivity contribution >= 4 is 45.0 Å².